The van der Waals surface area contributed by atoms with Gasteiger partial charge in [-0.05, 0) is 18.2 Å². The van der Waals surface area contributed by atoms with Crippen LogP contribution in [0.25, 0.3) is 0 Å². The minimum absolute atomic E-state index is 0.507. The molecule has 1 aromatic carbocycles. The highest BCUT2D eigenvalue weighted by atomic mass is 19.1. The van der Waals surface area contributed by atoms with E-state index in [1.54, 1.807) is 12.1 Å². The summed E-state index contributed by atoms with van der Waals surface area (Å²) in [5.41, 5.74) is 3.98. The number of hydrogen-bond acceptors (Lipinski definition) is 5. The van der Waals surface area contributed by atoms with E-state index in [0.717, 1.165) is 12.1 Å². The molecule has 0 atom stereocenters. The second kappa shape index (κ2) is 5.74. The first kappa shape index (κ1) is 13.4. The van der Waals surface area contributed by atoms with Gasteiger partial charge in [0.05, 0.1) is 10.6 Å². The molecule has 0 radical (unpaired) electrons. The number of carbonyl (C=O) groups excluding carboxylic acids is 1. The van der Waals surface area contributed by atoms with E-state index in [2.05, 4.69) is 15.8 Å². The van der Waals surface area contributed by atoms with Crippen molar-refractivity contribution in [1.29, 1.82) is 0 Å². The molecule has 102 valence electrons. The first-order chi connectivity index (χ1) is 9.59. The lowest BCUT2D eigenvalue weighted by Crippen LogP contribution is -2.30. The highest BCUT2D eigenvalue weighted by Gasteiger charge is 2.24. The smallest absolute Gasteiger partial charge is 0.285 e. The minimum Gasteiger partial charge on any atom is -0.298 e. The van der Waals surface area contributed by atoms with Crippen LogP contribution in [0.4, 0.5) is 15.8 Å². The summed E-state index contributed by atoms with van der Waals surface area (Å²) >= 11 is 0. The maximum Gasteiger partial charge on any atom is 0.285 e. The number of carbonyl (C=O) groups is 1. The summed E-state index contributed by atoms with van der Waals surface area (Å²) in [5.74, 6) is -1.90. The van der Waals surface area contributed by atoms with E-state index in [0.29, 0.717) is 5.69 Å². The third-order valence-electron chi connectivity index (χ3n) is 2.42. The zero-order chi connectivity index (χ0) is 14.5. The second-order valence-electron chi connectivity index (χ2n) is 3.71. The van der Waals surface area contributed by atoms with Crippen molar-refractivity contribution in [3.63, 3.8) is 0 Å². The molecule has 7 nitrogen and oxygen atoms in total. The molecular weight excluding hydrogens is 267 g/mol. The summed E-state index contributed by atoms with van der Waals surface area (Å²) in [6.45, 7) is 0. The molecular formula is C12H9FN4O3. The lowest BCUT2D eigenvalue weighted by Gasteiger charge is -2.08. The summed E-state index contributed by atoms with van der Waals surface area (Å²) in [5, 5.41) is 10.8. The van der Waals surface area contributed by atoms with Crippen molar-refractivity contribution in [2.45, 2.75) is 0 Å². The van der Waals surface area contributed by atoms with Gasteiger partial charge in [0.15, 0.2) is 5.56 Å². The number of amides is 1. The molecule has 8 heteroatoms. The third-order valence-corrected chi connectivity index (χ3v) is 2.42. The molecule has 0 fully saturated rings. The molecule has 0 spiro atoms. The van der Waals surface area contributed by atoms with Crippen LogP contribution in [0.15, 0.2) is 42.7 Å². The largest absolute Gasteiger partial charge is 0.298 e. The van der Waals surface area contributed by atoms with E-state index in [1.165, 1.54) is 18.5 Å². The van der Waals surface area contributed by atoms with Crippen LogP contribution in [0.3, 0.4) is 0 Å². The fraction of sp³-hybridized carbons (Fsp3) is 0. The second-order valence-corrected chi connectivity index (χ2v) is 3.71. The van der Waals surface area contributed by atoms with Gasteiger partial charge in [-0.3, -0.25) is 30.7 Å². The average Bonchev–Trinajstić information content (AvgIpc) is 2.45. The number of hydrogen-bond donors (Lipinski definition) is 2. The highest BCUT2D eigenvalue weighted by molar-refractivity contribution is 5.98. The SMILES string of the molecule is O=C(NNc1ccncc1)c1c(F)cccc1[N+](=O)[O-]. The van der Waals surface area contributed by atoms with Crippen LogP contribution in [0.2, 0.25) is 0 Å². The molecule has 0 unspecified atom stereocenters. The molecule has 0 aliphatic carbocycles. The predicted octanol–water partition coefficient (Wildman–Crippen LogP) is 1.89. The Morgan fingerprint density at radius 1 is 1.25 bits per heavy atom. The number of nitrogens with one attached hydrogen (secondary N) is 2. The Bertz CT molecular complexity index is 648. The number of nitro benzene ring substituents is 1. The zero-order valence-electron chi connectivity index (χ0n) is 10.0. The van der Waals surface area contributed by atoms with E-state index < -0.39 is 27.9 Å². The van der Waals surface area contributed by atoms with Gasteiger partial charge >= 0.3 is 0 Å². The number of anilines is 1. The fourth-order valence-electron chi connectivity index (χ4n) is 1.52. The third kappa shape index (κ3) is 2.86. The number of rotatable bonds is 4. The first-order valence-electron chi connectivity index (χ1n) is 5.49. The van der Waals surface area contributed by atoms with Gasteiger partial charge in [-0.25, -0.2) is 4.39 Å². The summed E-state index contributed by atoms with van der Waals surface area (Å²) in [6.07, 6.45) is 2.97. The molecule has 0 aliphatic heterocycles. The average molecular weight is 276 g/mol. The van der Waals surface area contributed by atoms with Crippen LogP contribution in [-0.4, -0.2) is 15.8 Å². The molecule has 1 heterocycles. The molecule has 0 saturated carbocycles. The molecule has 0 aliphatic rings. The van der Waals surface area contributed by atoms with Crippen molar-refractivity contribution in [2.75, 3.05) is 5.43 Å². The van der Waals surface area contributed by atoms with E-state index in [1.807, 2.05) is 0 Å². The van der Waals surface area contributed by atoms with Crippen molar-refractivity contribution >= 4 is 17.3 Å². The van der Waals surface area contributed by atoms with Crippen LogP contribution in [-0.2, 0) is 0 Å². The number of aromatic nitrogens is 1. The van der Waals surface area contributed by atoms with Crippen LogP contribution < -0.4 is 10.9 Å². The lowest BCUT2D eigenvalue weighted by molar-refractivity contribution is -0.385. The molecule has 0 saturated heterocycles. The van der Waals surface area contributed by atoms with Gasteiger partial charge < -0.3 is 0 Å². The summed E-state index contributed by atoms with van der Waals surface area (Å²) < 4.78 is 13.6. The maximum atomic E-state index is 13.6. The Kier molecular flexibility index (Phi) is 3.85. The monoisotopic (exact) mass is 276 g/mol. The van der Waals surface area contributed by atoms with Crippen LogP contribution >= 0.6 is 0 Å². The van der Waals surface area contributed by atoms with Crippen LogP contribution in [0.1, 0.15) is 10.4 Å². The summed E-state index contributed by atoms with van der Waals surface area (Å²) in [7, 11) is 0. The van der Waals surface area contributed by atoms with E-state index in [9.17, 15) is 19.3 Å². The highest BCUT2D eigenvalue weighted by Crippen LogP contribution is 2.21. The number of nitro groups is 1. The van der Waals surface area contributed by atoms with Gasteiger partial charge in [-0.15, -0.1) is 0 Å². The van der Waals surface area contributed by atoms with E-state index >= 15 is 0 Å². The van der Waals surface area contributed by atoms with Crippen molar-refractivity contribution in [3.8, 4) is 0 Å². The fourth-order valence-corrected chi connectivity index (χ4v) is 1.52. The molecule has 1 amide bonds. The molecule has 0 bridgehead atoms. The zero-order valence-corrected chi connectivity index (χ0v) is 10.0. The Morgan fingerprint density at radius 2 is 1.95 bits per heavy atom. The Labute approximate surface area is 112 Å². The number of nitrogens with zero attached hydrogens (tertiary/aromatic N) is 2. The molecule has 20 heavy (non-hydrogen) atoms. The van der Waals surface area contributed by atoms with Gasteiger partial charge in [0.25, 0.3) is 11.6 Å². The first-order valence-corrected chi connectivity index (χ1v) is 5.49. The van der Waals surface area contributed by atoms with Crippen molar-refractivity contribution in [2.24, 2.45) is 0 Å². The standard InChI is InChI=1S/C12H9FN4O3/c13-9-2-1-3-10(17(19)20)11(9)12(18)16-15-8-4-6-14-7-5-8/h1-7H,(H,14,15)(H,16,18). The maximum absolute atomic E-state index is 13.6. The van der Waals surface area contributed by atoms with Crippen molar-refractivity contribution < 1.29 is 14.1 Å². The van der Waals surface area contributed by atoms with Crippen molar-refractivity contribution in [1.82, 2.24) is 10.4 Å². The molecule has 2 N–H and O–H groups in total. The molecule has 1 aromatic heterocycles. The predicted molar refractivity (Wildman–Crippen MR) is 68.4 cm³/mol. The minimum atomic E-state index is -0.965. The van der Waals surface area contributed by atoms with Gasteiger partial charge in [-0.2, -0.15) is 0 Å². The summed E-state index contributed by atoms with van der Waals surface area (Å²) in [6, 6.07) is 6.34. The van der Waals surface area contributed by atoms with E-state index in [-0.39, 0.29) is 0 Å². The quantitative estimate of drug-likeness (QED) is 0.656. The van der Waals surface area contributed by atoms with E-state index in [4.69, 9.17) is 0 Å². The van der Waals surface area contributed by atoms with Crippen LogP contribution in [0, 0.1) is 15.9 Å². The Morgan fingerprint density at radius 3 is 2.60 bits per heavy atom. The number of hydrazine groups is 1. The number of halogens is 1. The Balaban J connectivity index is 2.19. The van der Waals surface area contributed by atoms with Gasteiger partial charge in [-0.1, -0.05) is 6.07 Å². The topological polar surface area (TPSA) is 97.2 Å². The molecule has 2 aromatic rings. The van der Waals surface area contributed by atoms with Gasteiger partial charge in [0.1, 0.15) is 5.82 Å². The summed E-state index contributed by atoms with van der Waals surface area (Å²) in [4.78, 5) is 25.6. The number of benzene rings is 1. The normalized spacial score (nSPS) is 9.85. The Hall–Kier alpha value is -3.03. The van der Waals surface area contributed by atoms with Crippen LogP contribution in [0.5, 0.6) is 0 Å². The van der Waals surface area contributed by atoms with Gasteiger partial charge in [0, 0.05) is 18.5 Å². The lowest BCUT2D eigenvalue weighted by atomic mass is 10.1. The van der Waals surface area contributed by atoms with Gasteiger partial charge in [0.2, 0.25) is 0 Å². The van der Waals surface area contributed by atoms with Crippen molar-refractivity contribution in [3.05, 3.63) is 64.2 Å². The number of pyridine rings is 1. The molecule has 2 rings (SSSR count).